The summed E-state index contributed by atoms with van der Waals surface area (Å²) in [6.45, 7) is 3.18. The van der Waals surface area contributed by atoms with Crippen molar-refractivity contribution in [3.63, 3.8) is 0 Å². The van der Waals surface area contributed by atoms with E-state index in [1.54, 1.807) is 30.2 Å². The number of hydrogen-bond donors (Lipinski definition) is 1. The van der Waals surface area contributed by atoms with Crippen LogP contribution in [-0.2, 0) is 16.0 Å². The zero-order valence-electron chi connectivity index (χ0n) is 15.4. The van der Waals surface area contributed by atoms with Gasteiger partial charge in [0, 0.05) is 46.5 Å². The minimum atomic E-state index is -0.313. The number of hydrogen-bond acceptors (Lipinski definition) is 5. The Morgan fingerprint density at radius 1 is 1.32 bits per heavy atom. The summed E-state index contributed by atoms with van der Waals surface area (Å²) in [4.78, 5) is 31.2. The first kappa shape index (κ1) is 20.9. The van der Waals surface area contributed by atoms with Gasteiger partial charge in [-0.25, -0.2) is 9.78 Å². The standard InChI is InChI=1S/C19H21Cl2N3O3S/c1-2-27-19(26)24-7-5-12(6-8-24)17(25)23-18-22-11-15(28-18)9-13-3-4-14(20)10-16(13)21/h3-4,10-12H,2,5-9H2,1H3,(H,22,23,25). The lowest BCUT2D eigenvalue weighted by Gasteiger charge is -2.30. The Morgan fingerprint density at radius 2 is 2.07 bits per heavy atom. The maximum atomic E-state index is 12.5. The molecule has 0 spiro atoms. The van der Waals surface area contributed by atoms with E-state index in [1.807, 2.05) is 6.07 Å². The molecule has 3 rings (SSSR count). The maximum absolute atomic E-state index is 12.5. The van der Waals surface area contributed by atoms with Crippen molar-refractivity contribution in [2.45, 2.75) is 26.2 Å². The fourth-order valence-electron chi connectivity index (χ4n) is 3.05. The van der Waals surface area contributed by atoms with Gasteiger partial charge in [0.1, 0.15) is 0 Å². The van der Waals surface area contributed by atoms with Crippen molar-refractivity contribution < 1.29 is 14.3 Å². The number of carbonyl (C=O) groups is 2. The van der Waals surface area contributed by atoms with Crippen LogP contribution in [0.5, 0.6) is 0 Å². The Balaban J connectivity index is 1.52. The van der Waals surface area contributed by atoms with Gasteiger partial charge in [0.2, 0.25) is 5.91 Å². The molecule has 0 radical (unpaired) electrons. The molecule has 2 amide bonds. The van der Waals surface area contributed by atoms with Crippen molar-refractivity contribution in [2.75, 3.05) is 25.0 Å². The molecule has 2 aromatic rings. The van der Waals surface area contributed by atoms with Crippen LogP contribution in [0.15, 0.2) is 24.4 Å². The second-order valence-electron chi connectivity index (χ2n) is 6.49. The van der Waals surface area contributed by atoms with Crippen molar-refractivity contribution in [1.29, 1.82) is 0 Å². The van der Waals surface area contributed by atoms with Crippen molar-refractivity contribution in [3.8, 4) is 0 Å². The second-order valence-corrected chi connectivity index (χ2v) is 8.45. The van der Waals surface area contributed by atoms with E-state index in [0.29, 0.717) is 54.1 Å². The SMILES string of the molecule is CCOC(=O)N1CCC(C(=O)Nc2ncc(Cc3ccc(Cl)cc3Cl)s2)CC1. The summed E-state index contributed by atoms with van der Waals surface area (Å²) in [6, 6.07) is 5.40. The molecule has 1 N–H and O–H groups in total. The zero-order chi connectivity index (χ0) is 20.1. The molecule has 6 nitrogen and oxygen atoms in total. The molecule has 1 fully saturated rings. The van der Waals surface area contributed by atoms with Crippen molar-refractivity contribution in [1.82, 2.24) is 9.88 Å². The highest BCUT2D eigenvalue weighted by Gasteiger charge is 2.28. The Labute approximate surface area is 177 Å². The number of ether oxygens (including phenoxy) is 1. The van der Waals surface area contributed by atoms with Crippen LogP contribution < -0.4 is 5.32 Å². The number of piperidine rings is 1. The number of carbonyl (C=O) groups excluding carboxylic acids is 2. The average Bonchev–Trinajstić information content (AvgIpc) is 3.11. The smallest absolute Gasteiger partial charge is 0.409 e. The molecule has 1 aliphatic rings. The molecule has 1 saturated heterocycles. The van der Waals surface area contributed by atoms with E-state index in [9.17, 15) is 9.59 Å². The highest BCUT2D eigenvalue weighted by molar-refractivity contribution is 7.15. The van der Waals surface area contributed by atoms with Crippen LogP contribution in [-0.4, -0.2) is 41.6 Å². The average molecular weight is 442 g/mol. The summed E-state index contributed by atoms with van der Waals surface area (Å²) in [5.74, 6) is -0.197. The second kappa shape index (κ2) is 9.58. The molecule has 2 heterocycles. The molecule has 0 unspecified atom stereocenters. The van der Waals surface area contributed by atoms with Crippen molar-refractivity contribution in [2.24, 2.45) is 5.92 Å². The summed E-state index contributed by atoms with van der Waals surface area (Å²) in [6.07, 6.45) is 3.29. The highest BCUT2D eigenvalue weighted by atomic mass is 35.5. The molecule has 0 bridgehead atoms. The predicted octanol–water partition coefficient (Wildman–Crippen LogP) is 4.85. The van der Waals surface area contributed by atoms with Gasteiger partial charge in [-0.05, 0) is 37.5 Å². The van der Waals surface area contributed by atoms with Gasteiger partial charge in [-0.1, -0.05) is 29.3 Å². The van der Waals surface area contributed by atoms with E-state index in [4.69, 9.17) is 27.9 Å². The topological polar surface area (TPSA) is 71.5 Å². The fourth-order valence-corrected chi connectivity index (χ4v) is 4.36. The van der Waals surface area contributed by atoms with Gasteiger partial charge in [0.15, 0.2) is 5.13 Å². The molecule has 28 heavy (non-hydrogen) atoms. The number of likely N-dealkylation sites (tertiary alicyclic amines) is 1. The Morgan fingerprint density at radius 3 is 2.75 bits per heavy atom. The molecule has 9 heteroatoms. The van der Waals surface area contributed by atoms with Crippen LogP contribution in [0, 0.1) is 5.92 Å². The molecule has 1 aliphatic heterocycles. The van der Waals surface area contributed by atoms with E-state index >= 15 is 0 Å². The Bertz CT molecular complexity index is 851. The van der Waals surface area contributed by atoms with Crippen LogP contribution in [0.25, 0.3) is 0 Å². The summed E-state index contributed by atoms with van der Waals surface area (Å²) >= 11 is 13.6. The quantitative estimate of drug-likeness (QED) is 0.719. The number of halogens is 2. The molecular weight excluding hydrogens is 421 g/mol. The maximum Gasteiger partial charge on any atom is 0.409 e. The number of amides is 2. The molecule has 1 aromatic carbocycles. The summed E-state index contributed by atoms with van der Waals surface area (Å²) in [5.41, 5.74) is 0.957. The minimum Gasteiger partial charge on any atom is -0.450 e. The first-order valence-corrected chi connectivity index (χ1v) is 10.6. The first-order chi connectivity index (χ1) is 13.5. The van der Waals surface area contributed by atoms with Crippen LogP contribution >= 0.6 is 34.5 Å². The predicted molar refractivity (Wildman–Crippen MR) is 111 cm³/mol. The van der Waals surface area contributed by atoms with E-state index in [1.165, 1.54) is 11.3 Å². The number of rotatable bonds is 5. The van der Waals surface area contributed by atoms with Crippen LogP contribution in [0.2, 0.25) is 10.0 Å². The van der Waals surface area contributed by atoms with Gasteiger partial charge < -0.3 is 15.0 Å². The lowest BCUT2D eigenvalue weighted by molar-refractivity contribution is -0.121. The lowest BCUT2D eigenvalue weighted by Crippen LogP contribution is -2.41. The highest BCUT2D eigenvalue weighted by Crippen LogP contribution is 2.27. The van der Waals surface area contributed by atoms with Gasteiger partial charge >= 0.3 is 6.09 Å². The van der Waals surface area contributed by atoms with E-state index < -0.39 is 0 Å². The summed E-state index contributed by atoms with van der Waals surface area (Å²) < 4.78 is 5.00. The lowest BCUT2D eigenvalue weighted by atomic mass is 9.96. The molecule has 0 saturated carbocycles. The van der Waals surface area contributed by atoms with Gasteiger partial charge in [-0.3, -0.25) is 4.79 Å². The third kappa shape index (κ3) is 5.37. The van der Waals surface area contributed by atoms with Gasteiger partial charge in [-0.2, -0.15) is 0 Å². The van der Waals surface area contributed by atoms with Crippen molar-refractivity contribution >= 4 is 51.7 Å². The van der Waals surface area contributed by atoms with E-state index in [2.05, 4.69) is 10.3 Å². The molecule has 1 aromatic heterocycles. The number of nitrogens with one attached hydrogen (secondary N) is 1. The molecule has 0 atom stereocenters. The Hall–Kier alpha value is -1.83. The fraction of sp³-hybridized carbons (Fsp3) is 0.421. The first-order valence-electron chi connectivity index (χ1n) is 9.07. The third-order valence-electron chi connectivity index (χ3n) is 4.56. The zero-order valence-corrected chi connectivity index (χ0v) is 17.7. The van der Waals surface area contributed by atoms with Gasteiger partial charge in [-0.15, -0.1) is 11.3 Å². The molecule has 0 aliphatic carbocycles. The largest absolute Gasteiger partial charge is 0.450 e. The van der Waals surface area contributed by atoms with Crippen LogP contribution in [0.3, 0.4) is 0 Å². The van der Waals surface area contributed by atoms with Crippen LogP contribution in [0.4, 0.5) is 9.93 Å². The minimum absolute atomic E-state index is 0.0612. The monoisotopic (exact) mass is 441 g/mol. The number of aromatic nitrogens is 1. The van der Waals surface area contributed by atoms with E-state index in [0.717, 1.165) is 10.4 Å². The van der Waals surface area contributed by atoms with Crippen LogP contribution in [0.1, 0.15) is 30.2 Å². The molecule has 150 valence electrons. The van der Waals surface area contributed by atoms with Gasteiger partial charge in [0.25, 0.3) is 0 Å². The number of thiazole rings is 1. The van der Waals surface area contributed by atoms with Crippen molar-refractivity contribution in [3.05, 3.63) is 44.9 Å². The number of nitrogens with zero attached hydrogens (tertiary/aromatic N) is 2. The molecular formula is C19H21Cl2N3O3S. The summed E-state index contributed by atoms with van der Waals surface area (Å²) in [7, 11) is 0. The normalized spacial score (nSPS) is 14.8. The van der Waals surface area contributed by atoms with Gasteiger partial charge in [0.05, 0.1) is 6.61 Å². The number of anilines is 1. The summed E-state index contributed by atoms with van der Waals surface area (Å²) in [5, 5.41) is 4.67. The van der Waals surface area contributed by atoms with E-state index in [-0.39, 0.29) is 17.9 Å². The third-order valence-corrected chi connectivity index (χ3v) is 6.05. The number of benzene rings is 1. The Kier molecular flexibility index (Phi) is 7.15.